The van der Waals surface area contributed by atoms with Gasteiger partial charge in [-0.1, -0.05) is 32.0 Å². The molecule has 1 N–H and O–H groups in total. The Morgan fingerprint density at radius 1 is 1.09 bits per heavy atom. The standard InChI is InChI=1S/C6H4.C4H11N/c1-2-5-4-6(5)3-1;1-3-5-4-2/h1-4H;5H,3-4H2,1-2H3. The maximum atomic E-state index is 3.11. The molecule has 1 heteroatoms. The molecule has 1 nitrogen and oxygen atoms in total. The first-order valence-corrected chi connectivity index (χ1v) is 4.19. The second kappa shape index (κ2) is 4.14. The van der Waals surface area contributed by atoms with Crippen LogP contribution in [0.1, 0.15) is 13.8 Å². The van der Waals surface area contributed by atoms with Gasteiger partial charge in [-0.25, -0.2) is 0 Å². The minimum Gasteiger partial charge on any atom is -0.317 e. The summed E-state index contributed by atoms with van der Waals surface area (Å²) < 4.78 is 0. The molecule has 0 atom stereocenters. The van der Waals surface area contributed by atoms with Crippen LogP contribution in [0.3, 0.4) is 0 Å². The van der Waals surface area contributed by atoms with Gasteiger partial charge in [-0.15, -0.1) is 0 Å². The molecule has 0 bridgehead atoms. The van der Waals surface area contributed by atoms with E-state index in [1.807, 2.05) is 0 Å². The molecule has 60 valence electrons. The van der Waals surface area contributed by atoms with Crippen molar-refractivity contribution in [1.82, 2.24) is 5.32 Å². The lowest BCUT2D eigenvalue weighted by Crippen LogP contribution is -2.09. The number of nitrogens with one attached hydrogen (secondary N) is 1. The molecule has 0 saturated carbocycles. The van der Waals surface area contributed by atoms with Crippen molar-refractivity contribution in [1.29, 1.82) is 0 Å². The second-order valence-electron chi connectivity index (χ2n) is 2.54. The maximum absolute atomic E-state index is 3.11. The summed E-state index contributed by atoms with van der Waals surface area (Å²) in [6.45, 7) is 6.39. The first-order valence-electron chi connectivity index (χ1n) is 4.19. The number of fused-ring (bicyclic) bond motifs is 1. The highest BCUT2D eigenvalue weighted by atomic mass is 14.8. The van der Waals surface area contributed by atoms with Crippen LogP contribution >= 0.6 is 0 Å². The predicted octanol–water partition coefficient (Wildman–Crippen LogP) is 2.28. The van der Waals surface area contributed by atoms with E-state index in [1.165, 1.54) is 11.1 Å². The Bertz CT molecular complexity index is 199. The van der Waals surface area contributed by atoms with Gasteiger partial charge in [0.05, 0.1) is 0 Å². The van der Waals surface area contributed by atoms with E-state index in [1.54, 1.807) is 0 Å². The topological polar surface area (TPSA) is 12.0 Å². The fourth-order valence-corrected chi connectivity index (χ4v) is 0.926. The van der Waals surface area contributed by atoms with Crippen molar-refractivity contribution in [3.05, 3.63) is 24.3 Å². The lowest BCUT2D eigenvalue weighted by molar-refractivity contribution is 0.762. The van der Waals surface area contributed by atoms with Gasteiger partial charge in [0.15, 0.2) is 0 Å². The fourth-order valence-electron chi connectivity index (χ4n) is 0.926. The molecule has 0 aliphatic heterocycles. The summed E-state index contributed by atoms with van der Waals surface area (Å²) in [4.78, 5) is 0. The summed E-state index contributed by atoms with van der Waals surface area (Å²) in [7, 11) is 0. The monoisotopic (exact) mass is 149 g/mol. The zero-order valence-corrected chi connectivity index (χ0v) is 7.22. The molecule has 0 heterocycles. The highest BCUT2D eigenvalue weighted by Crippen LogP contribution is 2.32. The third kappa shape index (κ3) is 2.72. The van der Waals surface area contributed by atoms with E-state index in [-0.39, 0.29) is 0 Å². The van der Waals surface area contributed by atoms with Crippen LogP contribution in [0.25, 0.3) is 11.1 Å². The number of hydrogen-bond donors (Lipinski definition) is 1. The first-order chi connectivity index (χ1) is 5.38. The van der Waals surface area contributed by atoms with E-state index >= 15 is 0 Å². The molecule has 0 aromatic carbocycles. The van der Waals surface area contributed by atoms with E-state index in [9.17, 15) is 0 Å². The molecule has 0 spiro atoms. The van der Waals surface area contributed by atoms with Gasteiger partial charge in [-0.3, -0.25) is 0 Å². The molecular weight excluding hydrogens is 134 g/mol. The Morgan fingerprint density at radius 3 is 1.73 bits per heavy atom. The molecular formula is C10H15N. The molecule has 2 aliphatic carbocycles. The summed E-state index contributed by atoms with van der Waals surface area (Å²) in [5.41, 5.74) is 2.85. The Hall–Kier alpha value is -0.820. The molecule has 0 aromatic heterocycles. The molecule has 0 fully saturated rings. The minimum absolute atomic E-state index is 1.09. The summed E-state index contributed by atoms with van der Waals surface area (Å²) >= 11 is 0. The molecule has 2 rings (SSSR count). The minimum atomic E-state index is 1.09. The lowest BCUT2D eigenvalue weighted by atomic mass is 10.6. The number of hydrogen-bond acceptors (Lipinski definition) is 1. The van der Waals surface area contributed by atoms with Gasteiger partial charge >= 0.3 is 0 Å². The van der Waals surface area contributed by atoms with Gasteiger partial charge in [0.25, 0.3) is 0 Å². The normalized spacial score (nSPS) is 10.0. The van der Waals surface area contributed by atoms with Gasteiger partial charge < -0.3 is 5.32 Å². The van der Waals surface area contributed by atoms with Crippen LogP contribution in [0.5, 0.6) is 0 Å². The van der Waals surface area contributed by atoms with Crippen molar-refractivity contribution in [2.75, 3.05) is 13.1 Å². The van der Waals surface area contributed by atoms with Crippen molar-refractivity contribution >= 4 is 0 Å². The molecule has 11 heavy (non-hydrogen) atoms. The predicted molar refractivity (Wildman–Crippen MR) is 49.7 cm³/mol. The summed E-state index contributed by atoms with van der Waals surface area (Å²) in [6, 6.07) is 8.48. The SMILES string of the molecule is CCNCC.c1cc2cc-2c1. The maximum Gasteiger partial charge on any atom is -0.00775 e. The van der Waals surface area contributed by atoms with Gasteiger partial charge in [0, 0.05) is 0 Å². The Morgan fingerprint density at radius 2 is 1.64 bits per heavy atom. The van der Waals surface area contributed by atoms with E-state index in [4.69, 9.17) is 0 Å². The number of benzene rings is 1. The fraction of sp³-hybridized carbons (Fsp3) is 0.400. The van der Waals surface area contributed by atoms with Crippen LogP contribution in [0.4, 0.5) is 0 Å². The molecule has 0 unspecified atom stereocenters. The molecule has 0 aromatic rings. The molecule has 0 radical (unpaired) electrons. The van der Waals surface area contributed by atoms with Gasteiger partial charge in [0.1, 0.15) is 0 Å². The van der Waals surface area contributed by atoms with Crippen molar-refractivity contribution in [2.24, 2.45) is 0 Å². The van der Waals surface area contributed by atoms with Gasteiger partial charge in [-0.05, 0) is 30.3 Å². The summed E-state index contributed by atoms with van der Waals surface area (Å²) in [5.74, 6) is 0. The third-order valence-electron chi connectivity index (χ3n) is 1.61. The van der Waals surface area contributed by atoms with E-state index in [2.05, 4.69) is 43.4 Å². The van der Waals surface area contributed by atoms with Crippen LogP contribution in [0.2, 0.25) is 0 Å². The van der Waals surface area contributed by atoms with Crippen molar-refractivity contribution in [3.8, 4) is 11.1 Å². The average Bonchev–Trinajstić information content (AvgIpc) is 2.62. The van der Waals surface area contributed by atoms with Crippen LogP contribution in [-0.4, -0.2) is 13.1 Å². The lowest BCUT2D eigenvalue weighted by Gasteiger charge is -1.86. The first kappa shape index (κ1) is 8.28. The Labute approximate surface area is 68.4 Å². The quantitative estimate of drug-likeness (QED) is 0.690. The Balaban J connectivity index is 0.000000114. The number of rotatable bonds is 2. The molecule has 0 saturated heterocycles. The average molecular weight is 149 g/mol. The second-order valence-corrected chi connectivity index (χ2v) is 2.54. The van der Waals surface area contributed by atoms with E-state index in [0.29, 0.717) is 0 Å². The smallest absolute Gasteiger partial charge is 0.00775 e. The van der Waals surface area contributed by atoms with Gasteiger partial charge in [0.2, 0.25) is 0 Å². The van der Waals surface area contributed by atoms with Crippen LogP contribution in [0, 0.1) is 0 Å². The third-order valence-corrected chi connectivity index (χ3v) is 1.61. The van der Waals surface area contributed by atoms with Crippen molar-refractivity contribution < 1.29 is 0 Å². The van der Waals surface area contributed by atoms with Crippen LogP contribution in [-0.2, 0) is 0 Å². The van der Waals surface area contributed by atoms with E-state index < -0.39 is 0 Å². The van der Waals surface area contributed by atoms with Gasteiger partial charge in [-0.2, -0.15) is 0 Å². The Kier molecular flexibility index (Phi) is 3.12. The zero-order chi connectivity index (χ0) is 8.10. The van der Waals surface area contributed by atoms with Crippen LogP contribution < -0.4 is 5.32 Å². The molecule has 2 aliphatic rings. The summed E-state index contributed by atoms with van der Waals surface area (Å²) in [6.07, 6.45) is 0. The highest BCUT2D eigenvalue weighted by Gasteiger charge is 2.06. The zero-order valence-electron chi connectivity index (χ0n) is 7.22. The van der Waals surface area contributed by atoms with Crippen LogP contribution in [0.15, 0.2) is 24.3 Å². The van der Waals surface area contributed by atoms with Crippen molar-refractivity contribution in [2.45, 2.75) is 13.8 Å². The summed E-state index contributed by atoms with van der Waals surface area (Å²) in [5, 5.41) is 3.11. The largest absolute Gasteiger partial charge is 0.317 e. The highest BCUT2D eigenvalue weighted by molar-refractivity contribution is 5.80. The van der Waals surface area contributed by atoms with E-state index in [0.717, 1.165) is 13.1 Å². The van der Waals surface area contributed by atoms with Crippen molar-refractivity contribution in [3.63, 3.8) is 0 Å². The molecule has 0 amide bonds.